The van der Waals surface area contributed by atoms with Crippen molar-refractivity contribution in [1.82, 2.24) is 14.5 Å². The van der Waals surface area contributed by atoms with Crippen LogP contribution in [0.1, 0.15) is 17.0 Å². The van der Waals surface area contributed by atoms with Gasteiger partial charge in [0, 0.05) is 44.3 Å². The van der Waals surface area contributed by atoms with E-state index in [1.807, 2.05) is 25.2 Å². The summed E-state index contributed by atoms with van der Waals surface area (Å²) in [5.74, 6) is 2.48. The van der Waals surface area contributed by atoms with Crippen LogP contribution in [-0.4, -0.2) is 36.0 Å². The van der Waals surface area contributed by atoms with E-state index in [1.54, 1.807) is 13.2 Å². The van der Waals surface area contributed by atoms with Crippen LogP contribution in [0.2, 0.25) is 0 Å². The Morgan fingerprint density at radius 3 is 2.84 bits per heavy atom. The van der Waals surface area contributed by atoms with Crippen molar-refractivity contribution >= 4 is 13.5 Å². The van der Waals surface area contributed by atoms with Crippen molar-refractivity contribution < 1.29 is 9.15 Å². The van der Waals surface area contributed by atoms with Crippen LogP contribution in [-0.2, 0) is 26.6 Å². The zero-order valence-electron chi connectivity index (χ0n) is 14.5. The molecule has 6 heteroatoms. The minimum Gasteiger partial charge on any atom is -0.496 e. The number of rotatable bonds is 4. The van der Waals surface area contributed by atoms with Crippen molar-refractivity contribution in [3.63, 3.8) is 0 Å². The van der Waals surface area contributed by atoms with Gasteiger partial charge in [0.25, 0.3) is 0 Å². The molecule has 126 valence electrons. The quantitative estimate of drug-likeness (QED) is 0.686. The van der Waals surface area contributed by atoms with Crippen molar-refractivity contribution in [3.05, 3.63) is 53.3 Å². The number of benzene rings is 1. The fourth-order valence-corrected chi connectivity index (χ4v) is 3.44. The first-order valence-corrected chi connectivity index (χ1v) is 8.40. The van der Waals surface area contributed by atoms with Gasteiger partial charge in [-0.25, -0.2) is 4.98 Å². The molecule has 0 saturated carbocycles. The number of imidazole rings is 1. The lowest BCUT2D eigenvalue weighted by Gasteiger charge is -2.27. The number of para-hydroxylation sites is 1. The highest BCUT2D eigenvalue weighted by Crippen LogP contribution is 2.27. The third-order valence-electron chi connectivity index (χ3n) is 4.77. The summed E-state index contributed by atoms with van der Waals surface area (Å²) in [6.07, 6.45) is 0.925. The van der Waals surface area contributed by atoms with Gasteiger partial charge in [-0.2, -0.15) is 0 Å². The first-order valence-electron chi connectivity index (χ1n) is 8.40. The molecule has 1 aliphatic heterocycles. The second-order valence-corrected chi connectivity index (χ2v) is 6.36. The van der Waals surface area contributed by atoms with Crippen LogP contribution in [0.4, 0.5) is 0 Å². The second-order valence-electron chi connectivity index (χ2n) is 6.36. The van der Waals surface area contributed by atoms with Gasteiger partial charge in [0.05, 0.1) is 18.5 Å². The van der Waals surface area contributed by atoms with E-state index in [-0.39, 0.29) is 0 Å². The molecule has 0 amide bonds. The lowest BCUT2D eigenvalue weighted by Crippen LogP contribution is -2.31. The van der Waals surface area contributed by atoms with Gasteiger partial charge >= 0.3 is 0 Å². The van der Waals surface area contributed by atoms with Gasteiger partial charge in [-0.1, -0.05) is 18.2 Å². The fraction of sp³-hybridized carbons (Fsp3) is 0.316. The zero-order chi connectivity index (χ0) is 17.4. The van der Waals surface area contributed by atoms with Gasteiger partial charge in [-0.05, 0) is 18.2 Å². The Balaban J connectivity index is 1.58. The molecule has 1 aliphatic rings. The van der Waals surface area contributed by atoms with E-state index in [0.29, 0.717) is 11.4 Å². The minimum atomic E-state index is 0.411. The Morgan fingerprint density at radius 1 is 1.24 bits per heavy atom. The molecule has 5 nitrogen and oxygen atoms in total. The number of methoxy groups -OCH3 is 1. The predicted octanol–water partition coefficient (Wildman–Crippen LogP) is 2.04. The Labute approximate surface area is 148 Å². The zero-order valence-corrected chi connectivity index (χ0v) is 14.5. The van der Waals surface area contributed by atoms with Crippen LogP contribution < -0.4 is 10.4 Å². The highest BCUT2D eigenvalue weighted by Gasteiger charge is 2.24. The normalized spacial score (nSPS) is 14.5. The van der Waals surface area contributed by atoms with E-state index < -0.39 is 0 Å². The highest BCUT2D eigenvalue weighted by atomic mass is 16.5. The van der Waals surface area contributed by atoms with Crippen LogP contribution in [0.15, 0.2) is 40.8 Å². The van der Waals surface area contributed by atoms with Crippen LogP contribution in [0, 0.1) is 0 Å². The summed E-state index contributed by atoms with van der Waals surface area (Å²) in [4.78, 5) is 7.19. The molecule has 3 heterocycles. The lowest BCUT2D eigenvalue weighted by atomic mass is 10.1. The molecule has 4 rings (SSSR count). The van der Waals surface area contributed by atoms with E-state index in [2.05, 4.69) is 21.6 Å². The third-order valence-corrected chi connectivity index (χ3v) is 4.77. The van der Waals surface area contributed by atoms with Gasteiger partial charge < -0.3 is 13.7 Å². The highest BCUT2D eigenvalue weighted by molar-refractivity contribution is 6.29. The molecule has 1 aromatic carbocycles. The standard InChI is InChI=1S/C19H20BN3O2/c1-22-15-12-23(11-13-5-3-4-6-16(13)24-2)10-9-14(15)21-19(22)17-7-8-18(20)25-17/h3-8H,9-12H2,1-2H3. The van der Waals surface area contributed by atoms with Gasteiger partial charge in [0.1, 0.15) is 5.75 Å². The van der Waals surface area contributed by atoms with Gasteiger partial charge in [0.15, 0.2) is 19.4 Å². The lowest BCUT2D eigenvalue weighted by molar-refractivity contribution is 0.234. The molecular formula is C19H20BN3O2. The van der Waals surface area contributed by atoms with E-state index in [1.165, 1.54) is 11.3 Å². The van der Waals surface area contributed by atoms with E-state index in [9.17, 15) is 0 Å². The Kier molecular flexibility index (Phi) is 4.13. The van der Waals surface area contributed by atoms with Gasteiger partial charge in [-0.3, -0.25) is 4.90 Å². The van der Waals surface area contributed by atoms with Crippen molar-refractivity contribution in [2.75, 3.05) is 13.7 Å². The average Bonchev–Trinajstić information content (AvgIpc) is 3.19. The van der Waals surface area contributed by atoms with Crippen LogP contribution in [0.5, 0.6) is 5.75 Å². The largest absolute Gasteiger partial charge is 0.496 e. The van der Waals surface area contributed by atoms with Crippen LogP contribution in [0.3, 0.4) is 0 Å². The Bertz CT molecular complexity index is 900. The summed E-state index contributed by atoms with van der Waals surface area (Å²) in [6, 6.07) is 11.8. The predicted molar refractivity (Wildman–Crippen MR) is 97.1 cm³/mol. The number of ether oxygens (including phenoxy) is 1. The summed E-state index contributed by atoms with van der Waals surface area (Å²) in [6.45, 7) is 2.69. The molecule has 0 aliphatic carbocycles. The molecule has 0 N–H and O–H groups in total. The monoisotopic (exact) mass is 333 g/mol. The van der Waals surface area contributed by atoms with Crippen LogP contribution in [0.25, 0.3) is 11.6 Å². The smallest absolute Gasteiger partial charge is 0.176 e. The summed E-state index contributed by atoms with van der Waals surface area (Å²) >= 11 is 0. The van der Waals surface area contributed by atoms with Crippen molar-refractivity contribution in [1.29, 1.82) is 0 Å². The molecule has 0 saturated heterocycles. The number of nitrogens with zero attached hydrogens (tertiary/aromatic N) is 3. The molecular weight excluding hydrogens is 313 g/mol. The van der Waals surface area contributed by atoms with E-state index in [0.717, 1.165) is 43.3 Å². The molecule has 3 aromatic rings. The maximum Gasteiger partial charge on any atom is 0.176 e. The van der Waals surface area contributed by atoms with Gasteiger partial charge in [-0.15, -0.1) is 0 Å². The Morgan fingerprint density at radius 2 is 2.08 bits per heavy atom. The first kappa shape index (κ1) is 16.0. The third kappa shape index (κ3) is 2.98. The molecule has 25 heavy (non-hydrogen) atoms. The maximum atomic E-state index is 5.70. The molecule has 0 fully saturated rings. The molecule has 0 unspecified atom stereocenters. The molecule has 2 aromatic heterocycles. The number of hydrogen-bond acceptors (Lipinski definition) is 4. The second kappa shape index (κ2) is 6.45. The Hall–Kier alpha value is -2.47. The van der Waals surface area contributed by atoms with E-state index >= 15 is 0 Å². The molecule has 0 bridgehead atoms. The number of furan rings is 1. The van der Waals surface area contributed by atoms with E-state index in [4.69, 9.17) is 22.0 Å². The summed E-state index contributed by atoms with van der Waals surface area (Å²) < 4.78 is 13.1. The summed E-state index contributed by atoms with van der Waals surface area (Å²) in [5.41, 5.74) is 3.98. The molecule has 0 atom stereocenters. The number of hydrogen-bond donors (Lipinski definition) is 0. The minimum absolute atomic E-state index is 0.411. The fourth-order valence-electron chi connectivity index (χ4n) is 3.44. The van der Waals surface area contributed by atoms with Crippen molar-refractivity contribution in [3.8, 4) is 17.3 Å². The molecule has 2 radical (unpaired) electrons. The van der Waals surface area contributed by atoms with Crippen molar-refractivity contribution in [2.45, 2.75) is 19.5 Å². The van der Waals surface area contributed by atoms with Crippen molar-refractivity contribution in [2.24, 2.45) is 7.05 Å². The van der Waals surface area contributed by atoms with Crippen LogP contribution >= 0.6 is 0 Å². The average molecular weight is 333 g/mol. The number of fused-ring (bicyclic) bond motifs is 1. The number of aromatic nitrogens is 2. The summed E-state index contributed by atoms with van der Waals surface area (Å²) in [5, 5.41) is 0. The topological polar surface area (TPSA) is 43.4 Å². The molecule has 0 spiro atoms. The summed E-state index contributed by atoms with van der Waals surface area (Å²) in [7, 11) is 9.45. The SMILES string of the molecule is [B]c1ccc(-c2nc3c(n2C)CN(Cc2ccccc2OC)CC3)o1. The first-order chi connectivity index (χ1) is 12.2. The van der Waals surface area contributed by atoms with Gasteiger partial charge in [0.2, 0.25) is 0 Å². The maximum absolute atomic E-state index is 5.70.